The molecule has 7 heteroatoms. The average Bonchev–Trinajstić information content (AvgIpc) is 2.38. The van der Waals surface area contributed by atoms with E-state index in [1.54, 1.807) is 19.1 Å². The summed E-state index contributed by atoms with van der Waals surface area (Å²) in [7, 11) is 1.20. The number of hydrogen-bond acceptors (Lipinski definition) is 4. The molecule has 0 aliphatic heterocycles. The molecule has 7 nitrogen and oxygen atoms in total. The molecule has 2 amide bonds. The summed E-state index contributed by atoms with van der Waals surface area (Å²) in [5, 5.41) is 13.7. The molecule has 0 aliphatic carbocycles. The van der Waals surface area contributed by atoms with E-state index in [0.717, 1.165) is 0 Å². The van der Waals surface area contributed by atoms with Crippen LogP contribution in [0.2, 0.25) is 0 Å². The number of rotatable bonds is 4. The Morgan fingerprint density at radius 1 is 1.32 bits per heavy atom. The second-order valence-electron chi connectivity index (χ2n) is 3.69. The van der Waals surface area contributed by atoms with E-state index >= 15 is 0 Å². The molecule has 3 N–H and O–H groups in total. The number of carboxylic acids is 1. The highest BCUT2D eigenvalue weighted by atomic mass is 16.5. The Bertz CT molecular complexity index is 513. The molecule has 0 saturated heterocycles. The van der Waals surface area contributed by atoms with Crippen LogP contribution in [-0.2, 0) is 9.53 Å². The van der Waals surface area contributed by atoms with Crippen LogP contribution in [0.15, 0.2) is 18.2 Å². The molecule has 0 aromatic heterocycles. The van der Waals surface area contributed by atoms with Crippen molar-refractivity contribution in [2.75, 3.05) is 19.0 Å². The first-order valence-electron chi connectivity index (χ1n) is 5.40. The topological polar surface area (TPSA) is 105 Å². The van der Waals surface area contributed by atoms with E-state index in [1.165, 1.54) is 13.2 Å². The number of nitrogens with one attached hydrogen (secondary N) is 2. The summed E-state index contributed by atoms with van der Waals surface area (Å²) >= 11 is 0. The van der Waals surface area contributed by atoms with Gasteiger partial charge < -0.3 is 20.5 Å². The minimum absolute atomic E-state index is 0.0202. The molecule has 0 bridgehead atoms. The average molecular weight is 266 g/mol. The lowest BCUT2D eigenvalue weighted by Gasteiger charge is -2.11. The van der Waals surface area contributed by atoms with Crippen LogP contribution >= 0.6 is 0 Å². The smallest absolute Gasteiger partial charge is 0.337 e. The van der Waals surface area contributed by atoms with Gasteiger partial charge in [0.25, 0.3) is 0 Å². The number of urea groups is 1. The third-order valence-corrected chi connectivity index (χ3v) is 2.36. The van der Waals surface area contributed by atoms with Crippen LogP contribution in [0, 0.1) is 6.92 Å². The van der Waals surface area contributed by atoms with Crippen molar-refractivity contribution in [1.82, 2.24) is 5.32 Å². The second-order valence-corrected chi connectivity index (χ2v) is 3.69. The van der Waals surface area contributed by atoms with Crippen LogP contribution in [0.1, 0.15) is 15.9 Å². The predicted octanol–water partition coefficient (Wildman–Crippen LogP) is 0.988. The summed E-state index contributed by atoms with van der Waals surface area (Å²) in [6, 6.07) is 3.95. The molecule has 1 aromatic rings. The number of carbonyl (C=O) groups is 3. The molecule has 1 rings (SSSR count). The number of hydrogen-bond donors (Lipinski definition) is 3. The number of benzene rings is 1. The number of ether oxygens (including phenoxy) is 1. The van der Waals surface area contributed by atoms with Gasteiger partial charge in [-0.2, -0.15) is 0 Å². The van der Waals surface area contributed by atoms with E-state index in [0.29, 0.717) is 5.56 Å². The number of esters is 1. The van der Waals surface area contributed by atoms with Crippen LogP contribution in [-0.4, -0.2) is 36.7 Å². The quantitative estimate of drug-likeness (QED) is 0.705. The lowest BCUT2D eigenvalue weighted by molar-refractivity contribution is -0.139. The Balaban J connectivity index is 2.79. The summed E-state index contributed by atoms with van der Waals surface area (Å²) in [6.45, 7) is 1.37. The van der Waals surface area contributed by atoms with Gasteiger partial charge in [0.2, 0.25) is 0 Å². The maximum Gasteiger partial charge on any atom is 0.337 e. The zero-order valence-corrected chi connectivity index (χ0v) is 10.5. The molecule has 0 aliphatic rings. The molecule has 0 spiro atoms. The first-order valence-corrected chi connectivity index (χ1v) is 5.40. The SMILES string of the molecule is COC(=O)CNC(=O)Nc1c(C)cccc1C(=O)O. The van der Waals surface area contributed by atoms with Crippen molar-refractivity contribution in [2.24, 2.45) is 0 Å². The third kappa shape index (κ3) is 3.98. The van der Waals surface area contributed by atoms with Crippen molar-refractivity contribution in [1.29, 1.82) is 0 Å². The molecule has 0 atom stereocenters. The van der Waals surface area contributed by atoms with Gasteiger partial charge >= 0.3 is 18.0 Å². The standard InChI is InChI=1S/C12H14N2O5/c1-7-4-3-5-8(11(16)17)10(7)14-12(18)13-6-9(15)19-2/h3-5H,6H2,1-2H3,(H,16,17)(H2,13,14,18). The van der Waals surface area contributed by atoms with Crippen LogP contribution in [0.3, 0.4) is 0 Å². The summed E-state index contributed by atoms with van der Waals surface area (Å²) < 4.78 is 4.36. The monoisotopic (exact) mass is 266 g/mol. The fraction of sp³-hybridized carbons (Fsp3) is 0.250. The first kappa shape index (κ1) is 14.5. The summed E-state index contributed by atoms with van der Waals surface area (Å²) in [4.78, 5) is 33.4. The summed E-state index contributed by atoms with van der Waals surface area (Å²) in [5.41, 5.74) is 0.777. The van der Waals surface area contributed by atoms with Crippen molar-refractivity contribution in [3.05, 3.63) is 29.3 Å². The zero-order valence-electron chi connectivity index (χ0n) is 10.5. The van der Waals surface area contributed by atoms with E-state index in [1.807, 2.05) is 0 Å². The number of aromatic carboxylic acids is 1. The molecule has 0 fully saturated rings. The molecule has 0 unspecified atom stereocenters. The Kier molecular flexibility index (Phi) is 4.87. The lowest BCUT2D eigenvalue weighted by Crippen LogP contribution is -2.34. The minimum atomic E-state index is -1.15. The van der Waals surface area contributed by atoms with Crippen LogP contribution in [0.4, 0.5) is 10.5 Å². The number of carbonyl (C=O) groups excluding carboxylic acids is 2. The van der Waals surface area contributed by atoms with Gasteiger partial charge in [-0.1, -0.05) is 12.1 Å². The van der Waals surface area contributed by atoms with Gasteiger partial charge in [0.1, 0.15) is 6.54 Å². The van der Waals surface area contributed by atoms with Gasteiger partial charge in [0.05, 0.1) is 18.4 Å². The number of para-hydroxylation sites is 1. The highest BCUT2D eigenvalue weighted by Gasteiger charge is 2.14. The summed E-state index contributed by atoms with van der Waals surface area (Å²) in [5.74, 6) is -1.75. The molecule has 0 radical (unpaired) electrons. The normalized spacial score (nSPS) is 9.58. The Hall–Kier alpha value is -2.57. The minimum Gasteiger partial charge on any atom is -0.478 e. The van der Waals surface area contributed by atoms with Crippen molar-refractivity contribution in [2.45, 2.75) is 6.92 Å². The molecule has 102 valence electrons. The number of amides is 2. The largest absolute Gasteiger partial charge is 0.478 e. The molecule has 19 heavy (non-hydrogen) atoms. The lowest BCUT2D eigenvalue weighted by atomic mass is 10.1. The van der Waals surface area contributed by atoms with Crippen LogP contribution in [0.5, 0.6) is 0 Å². The van der Waals surface area contributed by atoms with E-state index < -0.39 is 18.0 Å². The van der Waals surface area contributed by atoms with Crippen LogP contribution in [0.25, 0.3) is 0 Å². The van der Waals surface area contributed by atoms with Gasteiger partial charge in [-0.05, 0) is 18.6 Å². The van der Waals surface area contributed by atoms with E-state index in [9.17, 15) is 14.4 Å². The summed E-state index contributed by atoms with van der Waals surface area (Å²) in [6.07, 6.45) is 0. The second kappa shape index (κ2) is 6.39. The zero-order chi connectivity index (χ0) is 14.4. The Morgan fingerprint density at radius 3 is 2.58 bits per heavy atom. The molecule has 0 heterocycles. The number of methoxy groups -OCH3 is 1. The van der Waals surface area contributed by atoms with E-state index in [-0.39, 0.29) is 17.8 Å². The highest BCUT2D eigenvalue weighted by molar-refractivity contribution is 6.01. The predicted molar refractivity (Wildman–Crippen MR) is 67.2 cm³/mol. The molecule has 0 saturated carbocycles. The Labute approximate surface area is 109 Å². The van der Waals surface area contributed by atoms with Gasteiger partial charge in [0, 0.05) is 0 Å². The van der Waals surface area contributed by atoms with Crippen molar-refractivity contribution in [3.63, 3.8) is 0 Å². The van der Waals surface area contributed by atoms with Gasteiger partial charge in [-0.15, -0.1) is 0 Å². The number of carboxylic acid groups (broad SMARTS) is 1. The third-order valence-electron chi connectivity index (χ3n) is 2.36. The van der Waals surface area contributed by atoms with E-state index in [4.69, 9.17) is 5.11 Å². The maximum absolute atomic E-state index is 11.5. The van der Waals surface area contributed by atoms with Crippen molar-refractivity contribution in [3.8, 4) is 0 Å². The molecular weight excluding hydrogens is 252 g/mol. The number of anilines is 1. The fourth-order valence-corrected chi connectivity index (χ4v) is 1.39. The fourth-order valence-electron chi connectivity index (χ4n) is 1.39. The van der Waals surface area contributed by atoms with E-state index in [2.05, 4.69) is 15.4 Å². The van der Waals surface area contributed by atoms with Gasteiger partial charge in [-0.25, -0.2) is 9.59 Å². The van der Waals surface area contributed by atoms with Gasteiger partial charge in [0.15, 0.2) is 0 Å². The molecular formula is C12H14N2O5. The first-order chi connectivity index (χ1) is 8.95. The van der Waals surface area contributed by atoms with Gasteiger partial charge in [-0.3, -0.25) is 4.79 Å². The van der Waals surface area contributed by atoms with Crippen molar-refractivity contribution < 1.29 is 24.2 Å². The highest BCUT2D eigenvalue weighted by Crippen LogP contribution is 2.20. The molecule has 1 aromatic carbocycles. The maximum atomic E-state index is 11.5. The van der Waals surface area contributed by atoms with Crippen molar-refractivity contribution >= 4 is 23.7 Å². The van der Waals surface area contributed by atoms with Crippen LogP contribution < -0.4 is 10.6 Å². The Morgan fingerprint density at radius 2 is 2.00 bits per heavy atom. The number of aryl methyl sites for hydroxylation is 1.